The number of unbranched alkanes of at least 4 members (excludes halogenated alkanes) is 10. The van der Waals surface area contributed by atoms with Gasteiger partial charge in [0.15, 0.2) is 6.29 Å². The minimum absolute atomic E-state index is 0.0360. The number of rotatable bonds is 16. The molecule has 1 rings (SSSR count). The van der Waals surface area contributed by atoms with Gasteiger partial charge in [-0.2, -0.15) is 30.7 Å². The first kappa shape index (κ1) is 27.5. The highest BCUT2D eigenvalue weighted by molar-refractivity contribution is 4.90. The van der Waals surface area contributed by atoms with E-state index >= 15 is 0 Å². The largest absolute Gasteiger partial charge is 0.459 e. The molecule has 180 valence electrons. The van der Waals surface area contributed by atoms with Crippen molar-refractivity contribution in [2.75, 3.05) is 13.2 Å². The Morgan fingerprint density at radius 2 is 1.17 bits per heavy atom. The van der Waals surface area contributed by atoms with Crippen molar-refractivity contribution in [3.05, 3.63) is 0 Å². The SMILES string of the molecule is FC(F)(F)C(F)(F)C(F)(F)CCCCCCCCCCCCCOC1CCCCO1. The van der Waals surface area contributed by atoms with Crippen LogP contribution in [0, 0.1) is 0 Å². The fraction of sp³-hybridized carbons (Fsp3) is 1.00. The van der Waals surface area contributed by atoms with Crippen LogP contribution in [0.5, 0.6) is 0 Å². The predicted molar refractivity (Wildman–Crippen MR) is 101 cm³/mol. The van der Waals surface area contributed by atoms with Gasteiger partial charge in [-0.1, -0.05) is 57.8 Å². The van der Waals surface area contributed by atoms with Crippen molar-refractivity contribution in [1.82, 2.24) is 0 Å². The molecule has 0 aromatic carbocycles. The molecule has 1 fully saturated rings. The van der Waals surface area contributed by atoms with Crippen LogP contribution in [0.15, 0.2) is 0 Å². The molecule has 1 aliphatic rings. The van der Waals surface area contributed by atoms with Crippen molar-refractivity contribution in [1.29, 1.82) is 0 Å². The van der Waals surface area contributed by atoms with E-state index in [0.29, 0.717) is 6.42 Å². The Balaban J connectivity index is 1.88. The third-order valence-corrected chi connectivity index (χ3v) is 5.39. The van der Waals surface area contributed by atoms with Gasteiger partial charge >= 0.3 is 18.0 Å². The van der Waals surface area contributed by atoms with Gasteiger partial charge in [0.2, 0.25) is 0 Å². The maximum atomic E-state index is 13.1. The molecular formula is C21H35F7O2. The normalized spacial score (nSPS) is 18.7. The molecule has 0 aromatic heterocycles. The van der Waals surface area contributed by atoms with Crippen LogP contribution in [-0.2, 0) is 9.47 Å². The van der Waals surface area contributed by atoms with Gasteiger partial charge in [-0.15, -0.1) is 0 Å². The molecule has 1 heterocycles. The summed E-state index contributed by atoms with van der Waals surface area (Å²) in [7, 11) is 0. The van der Waals surface area contributed by atoms with Gasteiger partial charge in [0, 0.05) is 19.6 Å². The summed E-state index contributed by atoms with van der Waals surface area (Å²) in [4.78, 5) is 0. The van der Waals surface area contributed by atoms with E-state index in [9.17, 15) is 30.7 Å². The summed E-state index contributed by atoms with van der Waals surface area (Å²) in [5.41, 5.74) is 0. The summed E-state index contributed by atoms with van der Waals surface area (Å²) in [6, 6.07) is 0. The Morgan fingerprint density at radius 1 is 0.667 bits per heavy atom. The highest BCUT2D eigenvalue weighted by atomic mass is 19.4. The fourth-order valence-corrected chi connectivity index (χ4v) is 3.46. The van der Waals surface area contributed by atoms with E-state index in [1.54, 1.807) is 0 Å². The van der Waals surface area contributed by atoms with Gasteiger partial charge in [0.1, 0.15) is 0 Å². The van der Waals surface area contributed by atoms with Crippen LogP contribution in [-0.4, -0.2) is 37.5 Å². The van der Waals surface area contributed by atoms with Crippen LogP contribution in [0.4, 0.5) is 30.7 Å². The van der Waals surface area contributed by atoms with Crippen LogP contribution in [0.3, 0.4) is 0 Å². The zero-order valence-electron chi connectivity index (χ0n) is 17.6. The lowest BCUT2D eigenvalue weighted by atomic mass is 10.0. The van der Waals surface area contributed by atoms with Crippen LogP contribution >= 0.6 is 0 Å². The topological polar surface area (TPSA) is 18.5 Å². The van der Waals surface area contributed by atoms with Crippen LogP contribution in [0.2, 0.25) is 0 Å². The summed E-state index contributed by atoms with van der Waals surface area (Å²) >= 11 is 0. The van der Waals surface area contributed by atoms with Crippen molar-refractivity contribution < 1.29 is 40.2 Å². The Hall–Kier alpha value is -0.570. The summed E-state index contributed by atoms with van der Waals surface area (Å²) in [5, 5.41) is 0. The molecule has 0 radical (unpaired) electrons. The quantitative estimate of drug-likeness (QED) is 0.174. The monoisotopic (exact) mass is 452 g/mol. The number of hydrogen-bond donors (Lipinski definition) is 0. The minimum Gasteiger partial charge on any atom is -0.353 e. The van der Waals surface area contributed by atoms with Crippen molar-refractivity contribution in [3.8, 4) is 0 Å². The van der Waals surface area contributed by atoms with E-state index < -0.39 is 24.4 Å². The zero-order chi connectivity index (χ0) is 22.5. The van der Waals surface area contributed by atoms with Gasteiger partial charge in [-0.25, -0.2) is 0 Å². The highest BCUT2D eigenvalue weighted by Gasteiger charge is 2.72. The second-order valence-electron chi connectivity index (χ2n) is 8.08. The predicted octanol–water partition coefficient (Wildman–Crippen LogP) is 8.04. The molecule has 0 N–H and O–H groups in total. The molecule has 0 bridgehead atoms. The third-order valence-electron chi connectivity index (χ3n) is 5.39. The molecule has 1 unspecified atom stereocenters. The molecule has 0 aliphatic carbocycles. The number of halogens is 7. The van der Waals surface area contributed by atoms with Crippen LogP contribution in [0.1, 0.15) is 96.3 Å². The van der Waals surface area contributed by atoms with E-state index in [2.05, 4.69) is 0 Å². The van der Waals surface area contributed by atoms with E-state index in [1.165, 1.54) is 0 Å². The zero-order valence-corrected chi connectivity index (χ0v) is 17.6. The molecule has 30 heavy (non-hydrogen) atoms. The van der Waals surface area contributed by atoms with E-state index in [1.807, 2.05) is 0 Å². The van der Waals surface area contributed by atoms with Crippen LogP contribution < -0.4 is 0 Å². The smallest absolute Gasteiger partial charge is 0.353 e. The second-order valence-corrected chi connectivity index (χ2v) is 8.08. The van der Waals surface area contributed by atoms with Crippen molar-refractivity contribution in [2.45, 2.75) is 121 Å². The molecule has 1 atom stereocenters. The lowest BCUT2D eigenvalue weighted by molar-refractivity contribution is -0.355. The van der Waals surface area contributed by atoms with Crippen molar-refractivity contribution in [3.63, 3.8) is 0 Å². The molecule has 1 saturated heterocycles. The summed E-state index contributed by atoms with van der Waals surface area (Å²) in [5.74, 6) is -11.0. The molecule has 2 nitrogen and oxygen atoms in total. The molecule has 1 aliphatic heterocycles. The molecular weight excluding hydrogens is 417 g/mol. The van der Waals surface area contributed by atoms with E-state index in [-0.39, 0.29) is 19.1 Å². The van der Waals surface area contributed by atoms with E-state index in [0.717, 1.165) is 83.8 Å². The first-order valence-corrected chi connectivity index (χ1v) is 11.1. The highest BCUT2D eigenvalue weighted by Crippen LogP contribution is 2.48. The second kappa shape index (κ2) is 13.8. The Kier molecular flexibility index (Phi) is 12.6. The van der Waals surface area contributed by atoms with Gasteiger partial charge in [-0.3, -0.25) is 0 Å². The molecule has 0 saturated carbocycles. The maximum Gasteiger partial charge on any atom is 0.459 e. The van der Waals surface area contributed by atoms with Gasteiger partial charge in [0.05, 0.1) is 0 Å². The Labute approximate surface area is 174 Å². The number of ether oxygens (including phenoxy) is 2. The van der Waals surface area contributed by atoms with Crippen molar-refractivity contribution in [2.24, 2.45) is 0 Å². The summed E-state index contributed by atoms with van der Waals surface area (Å²) in [6.07, 6.45) is 4.09. The third kappa shape index (κ3) is 10.2. The standard InChI is InChI=1S/C21H35F7O2/c22-19(23,20(24,25)21(26,27)28)15-11-8-6-4-2-1-3-5-7-9-12-16-29-18-14-10-13-17-30-18/h18H,1-17H2. The fourth-order valence-electron chi connectivity index (χ4n) is 3.46. The molecule has 0 spiro atoms. The lowest BCUT2D eigenvalue weighted by Gasteiger charge is -2.28. The summed E-state index contributed by atoms with van der Waals surface area (Å²) < 4.78 is 99.0. The van der Waals surface area contributed by atoms with Gasteiger partial charge < -0.3 is 9.47 Å². The average Bonchev–Trinajstić information content (AvgIpc) is 2.68. The lowest BCUT2D eigenvalue weighted by Crippen LogP contribution is -2.51. The molecule has 0 amide bonds. The average molecular weight is 452 g/mol. The maximum absolute atomic E-state index is 13.1. The molecule has 9 heteroatoms. The summed E-state index contributed by atoms with van der Waals surface area (Å²) in [6.45, 7) is 1.50. The van der Waals surface area contributed by atoms with Gasteiger partial charge in [-0.05, 0) is 32.1 Å². The Bertz CT molecular complexity index is 436. The van der Waals surface area contributed by atoms with Crippen LogP contribution in [0.25, 0.3) is 0 Å². The molecule has 0 aromatic rings. The number of alkyl halides is 7. The van der Waals surface area contributed by atoms with Crippen molar-refractivity contribution >= 4 is 0 Å². The first-order valence-electron chi connectivity index (χ1n) is 11.1. The minimum atomic E-state index is -6.23. The first-order chi connectivity index (χ1) is 14.1. The Morgan fingerprint density at radius 3 is 1.63 bits per heavy atom. The van der Waals surface area contributed by atoms with Gasteiger partial charge in [0.25, 0.3) is 0 Å². The van der Waals surface area contributed by atoms with E-state index in [4.69, 9.17) is 9.47 Å². The number of hydrogen-bond acceptors (Lipinski definition) is 2.